The molecular weight excluding hydrogens is 124 g/mol. The van der Waals surface area contributed by atoms with Gasteiger partial charge < -0.3 is 5.11 Å². The van der Waals surface area contributed by atoms with Crippen molar-refractivity contribution in [3.05, 3.63) is 0 Å². The SMILES string of the molecule is CC1(O)CCC#CCCC1. The van der Waals surface area contributed by atoms with E-state index < -0.39 is 5.60 Å². The first-order valence-corrected chi connectivity index (χ1v) is 3.89. The van der Waals surface area contributed by atoms with E-state index in [4.69, 9.17) is 0 Å². The van der Waals surface area contributed by atoms with Gasteiger partial charge in [-0.1, -0.05) is 0 Å². The van der Waals surface area contributed by atoms with Gasteiger partial charge in [-0.05, 0) is 26.2 Å². The van der Waals surface area contributed by atoms with E-state index in [9.17, 15) is 5.11 Å². The van der Waals surface area contributed by atoms with Crippen LogP contribution in [0.3, 0.4) is 0 Å². The van der Waals surface area contributed by atoms with Gasteiger partial charge in [-0.2, -0.15) is 0 Å². The van der Waals surface area contributed by atoms with Crippen LogP contribution in [0.25, 0.3) is 0 Å². The van der Waals surface area contributed by atoms with Crippen LogP contribution in [-0.4, -0.2) is 10.7 Å². The molecule has 0 aromatic rings. The van der Waals surface area contributed by atoms with Gasteiger partial charge in [0.25, 0.3) is 0 Å². The van der Waals surface area contributed by atoms with Crippen molar-refractivity contribution in [2.75, 3.05) is 0 Å². The Morgan fingerprint density at radius 3 is 2.70 bits per heavy atom. The molecule has 0 radical (unpaired) electrons. The number of hydrogen-bond donors (Lipinski definition) is 1. The van der Waals surface area contributed by atoms with E-state index in [2.05, 4.69) is 11.8 Å². The molecule has 0 aromatic carbocycles. The topological polar surface area (TPSA) is 20.2 Å². The Morgan fingerprint density at radius 1 is 1.20 bits per heavy atom. The van der Waals surface area contributed by atoms with Crippen molar-refractivity contribution in [1.29, 1.82) is 0 Å². The van der Waals surface area contributed by atoms with Gasteiger partial charge in [0, 0.05) is 12.8 Å². The van der Waals surface area contributed by atoms with Crippen LogP contribution >= 0.6 is 0 Å². The molecule has 0 amide bonds. The molecule has 1 N–H and O–H groups in total. The highest BCUT2D eigenvalue weighted by molar-refractivity contribution is 5.01. The summed E-state index contributed by atoms with van der Waals surface area (Å²) in [5.74, 6) is 6.10. The lowest BCUT2D eigenvalue weighted by Gasteiger charge is -2.22. The molecule has 0 fully saturated rings. The van der Waals surface area contributed by atoms with Gasteiger partial charge in [-0.25, -0.2) is 0 Å². The summed E-state index contributed by atoms with van der Waals surface area (Å²) in [7, 11) is 0. The molecule has 1 unspecified atom stereocenters. The Hall–Kier alpha value is -0.480. The predicted octanol–water partition coefficient (Wildman–Crippen LogP) is 1.70. The average molecular weight is 138 g/mol. The van der Waals surface area contributed by atoms with Gasteiger partial charge in [0.2, 0.25) is 0 Å². The third-order valence-corrected chi connectivity index (χ3v) is 1.93. The Labute approximate surface area is 62.4 Å². The highest BCUT2D eigenvalue weighted by atomic mass is 16.3. The van der Waals surface area contributed by atoms with Gasteiger partial charge >= 0.3 is 0 Å². The fourth-order valence-corrected chi connectivity index (χ4v) is 1.19. The first-order chi connectivity index (χ1) is 4.71. The molecule has 0 spiro atoms. The number of hydrogen-bond acceptors (Lipinski definition) is 1. The van der Waals surface area contributed by atoms with Gasteiger partial charge in [-0.15, -0.1) is 11.8 Å². The van der Waals surface area contributed by atoms with Gasteiger partial charge in [0.15, 0.2) is 0 Å². The van der Waals surface area contributed by atoms with Gasteiger partial charge in [-0.3, -0.25) is 0 Å². The minimum Gasteiger partial charge on any atom is -0.390 e. The number of aliphatic hydroxyl groups is 1. The van der Waals surface area contributed by atoms with Crippen LogP contribution in [0.1, 0.15) is 39.0 Å². The second kappa shape index (κ2) is 3.07. The molecule has 1 rings (SSSR count). The van der Waals surface area contributed by atoms with Gasteiger partial charge in [0.05, 0.1) is 5.60 Å². The van der Waals surface area contributed by atoms with Crippen molar-refractivity contribution >= 4 is 0 Å². The molecule has 0 aliphatic heterocycles. The van der Waals surface area contributed by atoms with Crippen LogP contribution in [0, 0.1) is 11.8 Å². The van der Waals surface area contributed by atoms with E-state index in [-0.39, 0.29) is 0 Å². The summed E-state index contributed by atoms with van der Waals surface area (Å²) in [6, 6.07) is 0. The third kappa shape index (κ3) is 2.41. The summed E-state index contributed by atoms with van der Waals surface area (Å²) in [5.41, 5.74) is -0.449. The standard InChI is InChI=1S/C9H14O/c1-9(10)7-5-3-2-4-6-8-9/h10H,3,5-8H2,1H3. The van der Waals surface area contributed by atoms with E-state index in [0.29, 0.717) is 0 Å². The largest absolute Gasteiger partial charge is 0.390 e. The fraction of sp³-hybridized carbons (Fsp3) is 0.778. The quantitative estimate of drug-likeness (QED) is 0.505. The zero-order valence-corrected chi connectivity index (χ0v) is 6.48. The summed E-state index contributed by atoms with van der Waals surface area (Å²) >= 11 is 0. The van der Waals surface area contributed by atoms with E-state index in [1.807, 2.05) is 6.92 Å². The van der Waals surface area contributed by atoms with E-state index >= 15 is 0 Å². The molecule has 0 aromatic heterocycles. The first kappa shape index (κ1) is 7.63. The Morgan fingerprint density at radius 2 is 1.90 bits per heavy atom. The first-order valence-electron chi connectivity index (χ1n) is 3.89. The van der Waals surface area contributed by atoms with Crippen molar-refractivity contribution in [2.45, 2.75) is 44.6 Å². The van der Waals surface area contributed by atoms with Crippen LogP contribution in [-0.2, 0) is 0 Å². The van der Waals surface area contributed by atoms with Gasteiger partial charge in [0.1, 0.15) is 0 Å². The van der Waals surface area contributed by atoms with Crippen LogP contribution in [0.2, 0.25) is 0 Å². The zero-order valence-electron chi connectivity index (χ0n) is 6.48. The summed E-state index contributed by atoms with van der Waals surface area (Å²) < 4.78 is 0. The minimum atomic E-state index is -0.449. The predicted molar refractivity (Wildman–Crippen MR) is 41.5 cm³/mol. The lowest BCUT2D eigenvalue weighted by Crippen LogP contribution is -2.23. The zero-order chi connectivity index (χ0) is 7.45. The maximum atomic E-state index is 9.61. The maximum absolute atomic E-state index is 9.61. The summed E-state index contributed by atoms with van der Waals surface area (Å²) in [4.78, 5) is 0. The van der Waals surface area contributed by atoms with Crippen LogP contribution < -0.4 is 0 Å². The van der Waals surface area contributed by atoms with E-state index in [1.165, 1.54) is 0 Å². The van der Waals surface area contributed by atoms with Crippen molar-refractivity contribution in [3.63, 3.8) is 0 Å². The molecule has 10 heavy (non-hydrogen) atoms. The highest BCUT2D eigenvalue weighted by Crippen LogP contribution is 2.20. The molecule has 1 heteroatoms. The van der Waals surface area contributed by atoms with E-state index in [1.54, 1.807) is 0 Å². The molecule has 0 saturated heterocycles. The summed E-state index contributed by atoms with van der Waals surface area (Å²) in [6.45, 7) is 1.90. The second-order valence-electron chi connectivity index (χ2n) is 3.20. The lowest BCUT2D eigenvalue weighted by molar-refractivity contribution is 0.0413. The minimum absolute atomic E-state index is 0.449. The summed E-state index contributed by atoms with van der Waals surface area (Å²) in [6.07, 6.45) is 4.59. The Bertz CT molecular complexity index is 159. The molecule has 56 valence electrons. The number of rotatable bonds is 0. The molecule has 0 saturated carbocycles. The van der Waals surface area contributed by atoms with Crippen LogP contribution in [0.15, 0.2) is 0 Å². The normalized spacial score (nSPS) is 33.4. The van der Waals surface area contributed by atoms with E-state index in [0.717, 1.165) is 32.1 Å². The third-order valence-electron chi connectivity index (χ3n) is 1.93. The Balaban J connectivity index is 2.47. The highest BCUT2D eigenvalue weighted by Gasteiger charge is 2.18. The smallest absolute Gasteiger partial charge is 0.0629 e. The summed E-state index contributed by atoms with van der Waals surface area (Å²) in [5, 5.41) is 9.61. The average Bonchev–Trinajstić information content (AvgIpc) is 1.81. The van der Waals surface area contributed by atoms with Crippen molar-refractivity contribution < 1.29 is 5.11 Å². The fourth-order valence-electron chi connectivity index (χ4n) is 1.19. The molecule has 1 aliphatic rings. The maximum Gasteiger partial charge on any atom is 0.0629 e. The molecule has 0 bridgehead atoms. The molecule has 1 nitrogen and oxygen atoms in total. The molecule has 1 atom stereocenters. The molecule has 0 heterocycles. The second-order valence-corrected chi connectivity index (χ2v) is 3.20. The van der Waals surface area contributed by atoms with Crippen molar-refractivity contribution in [2.24, 2.45) is 0 Å². The van der Waals surface area contributed by atoms with Crippen LogP contribution in [0.5, 0.6) is 0 Å². The van der Waals surface area contributed by atoms with Crippen molar-refractivity contribution in [1.82, 2.24) is 0 Å². The lowest BCUT2D eigenvalue weighted by atomic mass is 9.92. The molecular formula is C9H14O. The monoisotopic (exact) mass is 138 g/mol. The Kier molecular flexibility index (Phi) is 2.34. The van der Waals surface area contributed by atoms with Crippen LogP contribution in [0.4, 0.5) is 0 Å². The molecule has 1 aliphatic carbocycles. The van der Waals surface area contributed by atoms with Crippen molar-refractivity contribution in [3.8, 4) is 11.8 Å².